The van der Waals surface area contributed by atoms with E-state index in [2.05, 4.69) is 27.0 Å². The van der Waals surface area contributed by atoms with Crippen molar-refractivity contribution in [2.45, 2.75) is 43.7 Å². The molecule has 2 saturated carbocycles. The van der Waals surface area contributed by atoms with Gasteiger partial charge in [-0.1, -0.05) is 18.9 Å². The van der Waals surface area contributed by atoms with Crippen LogP contribution in [0.4, 0.5) is 0 Å². The summed E-state index contributed by atoms with van der Waals surface area (Å²) >= 11 is 0. The topological polar surface area (TPSA) is 153 Å². The van der Waals surface area contributed by atoms with Gasteiger partial charge in [0.1, 0.15) is 23.0 Å². The van der Waals surface area contributed by atoms with Crippen molar-refractivity contribution in [2.75, 3.05) is 7.11 Å². The van der Waals surface area contributed by atoms with Crippen molar-refractivity contribution < 1.29 is 23.9 Å². The Balaban J connectivity index is 1.33. The third-order valence-corrected chi connectivity index (χ3v) is 7.10. The zero-order valence-electron chi connectivity index (χ0n) is 18.6. The molecule has 0 spiro atoms. The first kappa shape index (κ1) is 21.9. The predicted octanol–water partition coefficient (Wildman–Crippen LogP) is 1.14. The van der Waals surface area contributed by atoms with Gasteiger partial charge in [0.05, 0.1) is 25.0 Å². The van der Waals surface area contributed by atoms with E-state index in [0.717, 1.165) is 23.7 Å². The fraction of sp³-hybridized carbons (Fsp3) is 0.458. The Morgan fingerprint density at radius 2 is 1.94 bits per heavy atom. The molecular formula is C24H25N5O5. The first-order valence-corrected chi connectivity index (χ1v) is 11.4. The Bertz CT molecular complexity index is 1220. The van der Waals surface area contributed by atoms with Crippen LogP contribution in [-0.4, -0.2) is 47.3 Å². The van der Waals surface area contributed by atoms with Crippen LogP contribution in [0.15, 0.2) is 24.3 Å². The number of hydrogen-bond acceptors (Lipinski definition) is 6. The number of hydrogen-bond donors (Lipinski definition) is 4. The first-order chi connectivity index (χ1) is 16.3. The number of nitrogens with one attached hydrogen (secondary N) is 4. The summed E-state index contributed by atoms with van der Waals surface area (Å²) in [6.07, 6.45) is 2.55. The highest BCUT2D eigenvalue weighted by atomic mass is 16.5. The summed E-state index contributed by atoms with van der Waals surface area (Å²) in [5.74, 6) is -2.02. The van der Waals surface area contributed by atoms with E-state index in [1.165, 1.54) is 0 Å². The van der Waals surface area contributed by atoms with Crippen LogP contribution in [0, 0.1) is 29.1 Å². The minimum atomic E-state index is -1.32. The van der Waals surface area contributed by atoms with Crippen LogP contribution in [0.25, 0.3) is 10.9 Å². The largest absolute Gasteiger partial charge is 0.496 e. The van der Waals surface area contributed by atoms with Crippen LogP contribution in [0.1, 0.15) is 42.6 Å². The molecule has 5 rings (SSSR count). The van der Waals surface area contributed by atoms with E-state index in [1.54, 1.807) is 19.2 Å². The average molecular weight is 463 g/mol. The van der Waals surface area contributed by atoms with E-state index in [1.807, 2.05) is 12.1 Å². The molecule has 4 amide bonds. The number of carbonyl (C=O) groups excluding carboxylic acids is 4. The molecule has 4 N–H and O–H groups in total. The molecule has 1 aromatic carbocycles. The highest BCUT2D eigenvalue weighted by molar-refractivity contribution is 6.06. The average Bonchev–Trinajstić information content (AvgIpc) is 3.29. The molecule has 1 saturated heterocycles. The smallest absolute Gasteiger partial charge is 0.268 e. The molecule has 10 nitrogen and oxygen atoms in total. The molecule has 1 aromatic heterocycles. The van der Waals surface area contributed by atoms with Crippen LogP contribution >= 0.6 is 0 Å². The van der Waals surface area contributed by atoms with Crippen LogP contribution in [0.3, 0.4) is 0 Å². The number of rotatable bonds is 7. The van der Waals surface area contributed by atoms with Crippen molar-refractivity contribution in [3.63, 3.8) is 0 Å². The normalized spacial score (nSPS) is 23.6. The summed E-state index contributed by atoms with van der Waals surface area (Å²) in [7, 11) is 1.55. The molecule has 0 radical (unpaired) electrons. The van der Waals surface area contributed by atoms with Crippen LogP contribution in [0.5, 0.6) is 5.75 Å². The monoisotopic (exact) mass is 463 g/mol. The van der Waals surface area contributed by atoms with Gasteiger partial charge in [-0.3, -0.25) is 24.5 Å². The van der Waals surface area contributed by atoms with Crippen molar-refractivity contribution in [1.82, 2.24) is 20.9 Å². The molecule has 0 bridgehead atoms. The van der Waals surface area contributed by atoms with Gasteiger partial charge in [-0.25, -0.2) is 0 Å². The molecular weight excluding hydrogens is 438 g/mol. The molecule has 176 valence electrons. The van der Waals surface area contributed by atoms with Crippen molar-refractivity contribution in [1.29, 1.82) is 5.26 Å². The fourth-order valence-corrected chi connectivity index (χ4v) is 5.10. The number of nitrogens with zero attached hydrogens (tertiary/aromatic N) is 1. The summed E-state index contributed by atoms with van der Waals surface area (Å²) in [6.45, 7) is 0. The Hall–Kier alpha value is -3.87. The van der Waals surface area contributed by atoms with Gasteiger partial charge in [-0.05, 0) is 43.4 Å². The maximum absolute atomic E-state index is 13.3. The fourth-order valence-electron chi connectivity index (χ4n) is 5.10. The summed E-state index contributed by atoms with van der Waals surface area (Å²) in [6, 6.07) is 8.39. The first-order valence-electron chi connectivity index (χ1n) is 11.4. The van der Waals surface area contributed by atoms with Gasteiger partial charge >= 0.3 is 0 Å². The van der Waals surface area contributed by atoms with Crippen LogP contribution < -0.4 is 20.7 Å². The van der Waals surface area contributed by atoms with Gasteiger partial charge in [0.15, 0.2) is 0 Å². The number of fused-ring (bicyclic) bond motifs is 2. The lowest BCUT2D eigenvalue weighted by Crippen LogP contribution is -2.55. The number of aromatic amines is 1. The maximum Gasteiger partial charge on any atom is 0.268 e. The Kier molecular flexibility index (Phi) is 5.27. The number of ether oxygens (including phenoxy) is 1. The van der Waals surface area contributed by atoms with E-state index in [-0.39, 0.29) is 12.8 Å². The number of amides is 4. The lowest BCUT2D eigenvalue weighted by Gasteiger charge is -2.27. The van der Waals surface area contributed by atoms with E-state index in [4.69, 9.17) is 4.74 Å². The Morgan fingerprint density at radius 3 is 2.56 bits per heavy atom. The molecule has 1 aliphatic heterocycles. The molecule has 3 aliphatic rings. The van der Waals surface area contributed by atoms with Crippen molar-refractivity contribution in [2.24, 2.45) is 17.8 Å². The van der Waals surface area contributed by atoms with Gasteiger partial charge in [0, 0.05) is 10.9 Å². The molecule has 2 aromatic rings. The Morgan fingerprint density at radius 1 is 1.24 bits per heavy atom. The minimum Gasteiger partial charge on any atom is -0.496 e. The second-order valence-electron chi connectivity index (χ2n) is 9.47. The van der Waals surface area contributed by atoms with Gasteiger partial charge < -0.3 is 20.4 Å². The van der Waals surface area contributed by atoms with E-state index in [0.29, 0.717) is 23.8 Å². The van der Waals surface area contributed by atoms with Crippen LogP contribution in [-0.2, 0) is 14.4 Å². The molecule has 34 heavy (non-hydrogen) atoms. The summed E-state index contributed by atoms with van der Waals surface area (Å²) < 4.78 is 5.35. The summed E-state index contributed by atoms with van der Waals surface area (Å²) in [5.41, 5.74) is -0.293. The number of carbonyl (C=O) groups is 4. The van der Waals surface area contributed by atoms with Gasteiger partial charge in [0.2, 0.25) is 17.7 Å². The minimum absolute atomic E-state index is 0.0728. The molecule has 10 heteroatoms. The number of imide groups is 1. The quantitative estimate of drug-likeness (QED) is 0.452. The molecule has 3 fully saturated rings. The predicted molar refractivity (Wildman–Crippen MR) is 119 cm³/mol. The second-order valence-corrected chi connectivity index (χ2v) is 9.47. The third kappa shape index (κ3) is 3.87. The number of benzene rings is 1. The summed E-state index contributed by atoms with van der Waals surface area (Å²) in [4.78, 5) is 53.4. The van der Waals surface area contributed by atoms with E-state index in [9.17, 15) is 24.4 Å². The van der Waals surface area contributed by atoms with Gasteiger partial charge in [-0.15, -0.1) is 0 Å². The molecule has 0 unspecified atom stereocenters. The van der Waals surface area contributed by atoms with Crippen molar-refractivity contribution >= 4 is 34.5 Å². The van der Waals surface area contributed by atoms with Crippen molar-refractivity contribution in [3.8, 4) is 11.8 Å². The van der Waals surface area contributed by atoms with Crippen molar-refractivity contribution in [3.05, 3.63) is 30.0 Å². The zero-order chi connectivity index (χ0) is 24.0. The number of H-pyrrole nitrogens is 1. The van der Waals surface area contributed by atoms with Gasteiger partial charge in [0.25, 0.3) is 5.91 Å². The summed E-state index contributed by atoms with van der Waals surface area (Å²) in [5, 5.41) is 18.5. The maximum atomic E-state index is 13.3. The van der Waals surface area contributed by atoms with Gasteiger partial charge in [-0.2, -0.15) is 5.26 Å². The lowest BCUT2D eigenvalue weighted by atomic mass is 9.96. The Labute approximate surface area is 195 Å². The number of methoxy groups -OCH3 is 1. The van der Waals surface area contributed by atoms with E-state index < -0.39 is 47.0 Å². The SMILES string of the molecule is COc1cccc2[nH]c(C(=O)N[C@@H](CC3CC3)C(=O)NC3(C#N)C[C@H]4C(=O)NC(=O)[C@@H]4C3)cc12. The lowest BCUT2D eigenvalue weighted by molar-refractivity contribution is -0.128. The van der Waals surface area contributed by atoms with E-state index >= 15 is 0 Å². The standard InChI is InChI=1S/C24H25N5O5/c1-34-19-4-2-3-16-13(19)8-18(26-16)22(32)27-17(7-12-5-6-12)23(33)29-24(11-25)9-14-15(10-24)21(31)28-20(14)30/h2-4,8,12,14-15,17,26H,5-7,9-10H2,1H3,(H,27,32)(H,29,33)(H,28,30,31)/t14-,15-,17+/m1/s1. The zero-order valence-corrected chi connectivity index (χ0v) is 18.6. The second kappa shape index (κ2) is 8.17. The highest BCUT2D eigenvalue weighted by Crippen LogP contribution is 2.42. The molecule has 3 atom stereocenters. The number of aromatic nitrogens is 1. The molecule has 2 heterocycles. The number of nitriles is 1. The third-order valence-electron chi connectivity index (χ3n) is 7.10. The highest BCUT2D eigenvalue weighted by Gasteiger charge is 2.56. The molecule has 2 aliphatic carbocycles. The van der Waals surface area contributed by atoms with Crippen LogP contribution in [0.2, 0.25) is 0 Å².